The first kappa shape index (κ1) is 12.4. The monoisotopic (exact) mass is 202 g/mol. The summed E-state index contributed by atoms with van der Waals surface area (Å²) in [7, 11) is 0. The van der Waals surface area contributed by atoms with Crippen molar-refractivity contribution in [1.29, 1.82) is 0 Å². The summed E-state index contributed by atoms with van der Waals surface area (Å²) in [5.41, 5.74) is 0. The van der Waals surface area contributed by atoms with Crippen molar-refractivity contribution in [2.75, 3.05) is 0 Å². The van der Waals surface area contributed by atoms with Crippen molar-refractivity contribution in [1.82, 2.24) is 10.6 Å². The van der Waals surface area contributed by atoms with Gasteiger partial charge in [0.1, 0.15) is 12.1 Å². The van der Waals surface area contributed by atoms with Crippen molar-refractivity contribution in [3.05, 3.63) is 0 Å². The molecule has 2 amide bonds. The Morgan fingerprint density at radius 1 is 1.07 bits per heavy atom. The van der Waals surface area contributed by atoms with E-state index >= 15 is 0 Å². The van der Waals surface area contributed by atoms with Gasteiger partial charge in [-0.05, 0) is 13.8 Å². The fourth-order valence-corrected chi connectivity index (χ4v) is 0.771. The van der Waals surface area contributed by atoms with Crippen LogP contribution in [-0.4, -0.2) is 35.0 Å². The largest absolute Gasteiger partial charge is 0.480 e. The molecule has 0 saturated carbocycles. The van der Waals surface area contributed by atoms with E-state index in [4.69, 9.17) is 5.11 Å². The first-order valence-corrected chi connectivity index (χ1v) is 4.15. The molecular weight excluding hydrogens is 188 g/mol. The molecular formula is C8H14N2O4. The van der Waals surface area contributed by atoms with E-state index in [1.165, 1.54) is 20.8 Å². The van der Waals surface area contributed by atoms with Crippen LogP contribution in [0.25, 0.3) is 0 Å². The third-order valence-corrected chi connectivity index (χ3v) is 1.54. The number of rotatable bonds is 4. The lowest BCUT2D eigenvalue weighted by atomic mass is 10.2. The van der Waals surface area contributed by atoms with Gasteiger partial charge in [-0.2, -0.15) is 0 Å². The fraction of sp³-hybridized carbons (Fsp3) is 0.625. The molecule has 0 unspecified atom stereocenters. The van der Waals surface area contributed by atoms with E-state index in [-0.39, 0.29) is 5.91 Å². The van der Waals surface area contributed by atoms with E-state index in [1.54, 1.807) is 0 Å². The predicted molar refractivity (Wildman–Crippen MR) is 48.5 cm³/mol. The van der Waals surface area contributed by atoms with Crippen molar-refractivity contribution in [2.24, 2.45) is 0 Å². The molecule has 0 rings (SSSR count). The van der Waals surface area contributed by atoms with E-state index in [2.05, 4.69) is 10.6 Å². The van der Waals surface area contributed by atoms with Crippen LogP contribution >= 0.6 is 0 Å². The Morgan fingerprint density at radius 2 is 1.57 bits per heavy atom. The lowest BCUT2D eigenvalue weighted by Gasteiger charge is -2.14. The van der Waals surface area contributed by atoms with Gasteiger partial charge in [0.05, 0.1) is 0 Å². The highest BCUT2D eigenvalue weighted by molar-refractivity contribution is 5.89. The van der Waals surface area contributed by atoms with Crippen LogP contribution in [0.1, 0.15) is 20.8 Å². The van der Waals surface area contributed by atoms with Crippen LogP contribution in [0.4, 0.5) is 0 Å². The minimum Gasteiger partial charge on any atom is -0.480 e. The van der Waals surface area contributed by atoms with E-state index in [9.17, 15) is 14.4 Å². The summed E-state index contributed by atoms with van der Waals surface area (Å²) in [5, 5.41) is 13.1. The number of aliphatic carboxylic acids is 1. The molecule has 0 bridgehead atoms. The van der Waals surface area contributed by atoms with Crippen molar-refractivity contribution in [3.8, 4) is 0 Å². The predicted octanol–water partition coefficient (Wildman–Crippen LogP) is -0.900. The highest BCUT2D eigenvalue weighted by Crippen LogP contribution is 1.86. The Hall–Kier alpha value is -1.59. The van der Waals surface area contributed by atoms with Gasteiger partial charge in [-0.3, -0.25) is 14.4 Å². The number of amides is 2. The SMILES string of the molecule is CC(=O)N[C@@H](C)C(=O)N[C@@H](C)C(=O)O. The molecule has 0 aliphatic rings. The van der Waals surface area contributed by atoms with Crippen LogP contribution in [0.3, 0.4) is 0 Å². The molecule has 0 aromatic heterocycles. The minimum atomic E-state index is -1.12. The molecule has 0 aliphatic carbocycles. The standard InChI is InChI=1S/C8H14N2O4/c1-4(9-6(3)11)7(12)10-5(2)8(13)14/h4-5H,1-3H3,(H,9,11)(H,10,12)(H,13,14)/t4-,5-/m0/s1. The third kappa shape index (κ3) is 4.44. The zero-order valence-corrected chi connectivity index (χ0v) is 8.33. The molecule has 14 heavy (non-hydrogen) atoms. The van der Waals surface area contributed by atoms with Crippen LogP contribution in [0, 0.1) is 0 Å². The quantitative estimate of drug-likeness (QED) is 0.550. The van der Waals surface area contributed by atoms with E-state index in [0.717, 1.165) is 0 Å². The molecule has 0 heterocycles. The highest BCUT2D eigenvalue weighted by atomic mass is 16.4. The van der Waals surface area contributed by atoms with E-state index in [1.807, 2.05) is 0 Å². The number of hydrogen-bond acceptors (Lipinski definition) is 3. The molecule has 0 fully saturated rings. The van der Waals surface area contributed by atoms with Gasteiger partial charge in [0.2, 0.25) is 11.8 Å². The number of carbonyl (C=O) groups excluding carboxylic acids is 2. The van der Waals surface area contributed by atoms with Crippen molar-refractivity contribution in [2.45, 2.75) is 32.9 Å². The Labute approximate surface area is 81.7 Å². The molecule has 0 aromatic rings. The second-order valence-corrected chi connectivity index (χ2v) is 2.99. The first-order valence-electron chi connectivity index (χ1n) is 4.15. The van der Waals surface area contributed by atoms with Crippen molar-refractivity contribution < 1.29 is 19.5 Å². The average Bonchev–Trinajstić information content (AvgIpc) is 2.02. The van der Waals surface area contributed by atoms with Gasteiger partial charge < -0.3 is 15.7 Å². The molecule has 0 aromatic carbocycles. The van der Waals surface area contributed by atoms with Crippen LogP contribution in [0.2, 0.25) is 0 Å². The fourth-order valence-electron chi connectivity index (χ4n) is 0.771. The van der Waals surface area contributed by atoms with E-state index < -0.39 is 24.0 Å². The normalized spacial score (nSPS) is 13.9. The highest BCUT2D eigenvalue weighted by Gasteiger charge is 2.18. The minimum absolute atomic E-state index is 0.337. The summed E-state index contributed by atoms with van der Waals surface area (Å²) < 4.78 is 0. The Bertz CT molecular complexity index is 252. The molecule has 0 saturated heterocycles. The van der Waals surface area contributed by atoms with Crippen molar-refractivity contribution >= 4 is 17.8 Å². The van der Waals surface area contributed by atoms with Gasteiger partial charge in [0, 0.05) is 6.92 Å². The molecule has 3 N–H and O–H groups in total. The second-order valence-electron chi connectivity index (χ2n) is 2.99. The first-order chi connectivity index (χ1) is 6.34. The lowest BCUT2D eigenvalue weighted by Crippen LogP contribution is -2.48. The van der Waals surface area contributed by atoms with Gasteiger partial charge >= 0.3 is 5.97 Å². The third-order valence-electron chi connectivity index (χ3n) is 1.54. The van der Waals surface area contributed by atoms with Crippen LogP contribution in [0.5, 0.6) is 0 Å². The number of nitrogens with one attached hydrogen (secondary N) is 2. The van der Waals surface area contributed by atoms with E-state index in [0.29, 0.717) is 0 Å². The second kappa shape index (κ2) is 5.21. The molecule has 6 heteroatoms. The summed E-state index contributed by atoms with van der Waals surface area (Å²) in [4.78, 5) is 32.2. The summed E-state index contributed by atoms with van der Waals surface area (Å²) in [5.74, 6) is -1.97. The average molecular weight is 202 g/mol. The van der Waals surface area contributed by atoms with Crippen LogP contribution in [0.15, 0.2) is 0 Å². The topological polar surface area (TPSA) is 95.5 Å². The number of carboxylic acid groups (broad SMARTS) is 1. The smallest absolute Gasteiger partial charge is 0.325 e. The Balaban J connectivity index is 4.07. The maximum Gasteiger partial charge on any atom is 0.325 e. The summed E-state index contributed by atoms with van der Waals surface area (Å²) >= 11 is 0. The Morgan fingerprint density at radius 3 is 1.93 bits per heavy atom. The molecule has 0 aliphatic heterocycles. The van der Waals surface area contributed by atoms with Crippen LogP contribution in [-0.2, 0) is 14.4 Å². The zero-order valence-electron chi connectivity index (χ0n) is 8.33. The Kier molecular flexibility index (Phi) is 4.62. The summed E-state index contributed by atoms with van der Waals surface area (Å²) in [6.45, 7) is 4.11. The maximum absolute atomic E-state index is 11.2. The van der Waals surface area contributed by atoms with Gasteiger partial charge in [0.25, 0.3) is 0 Å². The summed E-state index contributed by atoms with van der Waals surface area (Å²) in [6, 6.07) is -1.69. The number of carboxylic acids is 1. The molecule has 6 nitrogen and oxygen atoms in total. The number of carbonyl (C=O) groups is 3. The molecule has 0 radical (unpaired) electrons. The van der Waals surface area contributed by atoms with Gasteiger partial charge in [-0.25, -0.2) is 0 Å². The van der Waals surface area contributed by atoms with Crippen molar-refractivity contribution in [3.63, 3.8) is 0 Å². The van der Waals surface area contributed by atoms with Gasteiger partial charge in [-0.15, -0.1) is 0 Å². The maximum atomic E-state index is 11.2. The molecule has 80 valence electrons. The van der Waals surface area contributed by atoms with Gasteiger partial charge in [-0.1, -0.05) is 0 Å². The summed E-state index contributed by atoms with van der Waals surface area (Å²) in [6.07, 6.45) is 0. The lowest BCUT2D eigenvalue weighted by molar-refractivity contribution is -0.141. The van der Waals surface area contributed by atoms with Crippen LogP contribution < -0.4 is 10.6 Å². The molecule has 0 spiro atoms. The number of hydrogen-bond donors (Lipinski definition) is 3. The van der Waals surface area contributed by atoms with Gasteiger partial charge in [0.15, 0.2) is 0 Å². The zero-order chi connectivity index (χ0) is 11.3. The molecule has 2 atom stereocenters.